The van der Waals surface area contributed by atoms with Crippen LogP contribution in [0.5, 0.6) is 0 Å². The molecule has 0 fully saturated rings. The van der Waals surface area contributed by atoms with E-state index in [0.717, 1.165) is 26.9 Å². The number of carbonyl (C=O) groups is 1. The molecular formula is C15H15IN2O. The molecule has 0 atom stereocenters. The van der Waals surface area contributed by atoms with E-state index < -0.39 is 0 Å². The molecule has 0 bridgehead atoms. The lowest BCUT2D eigenvalue weighted by Gasteiger charge is -2.11. The van der Waals surface area contributed by atoms with Crippen molar-refractivity contribution in [2.45, 2.75) is 13.3 Å². The summed E-state index contributed by atoms with van der Waals surface area (Å²) in [5.74, 6) is 0. The SMILES string of the molecule is CCc1ccccc1NC(=O)Nc1ccccc1I. The van der Waals surface area contributed by atoms with Gasteiger partial charge in [0.25, 0.3) is 0 Å². The number of hydrogen-bond acceptors (Lipinski definition) is 1. The van der Waals surface area contributed by atoms with Crippen molar-refractivity contribution >= 4 is 40.0 Å². The highest BCUT2D eigenvalue weighted by atomic mass is 127. The summed E-state index contributed by atoms with van der Waals surface area (Å²) in [5, 5.41) is 5.74. The molecule has 0 unspecified atom stereocenters. The van der Waals surface area contributed by atoms with E-state index in [1.165, 1.54) is 0 Å². The van der Waals surface area contributed by atoms with Gasteiger partial charge in [-0.05, 0) is 52.8 Å². The molecule has 2 aromatic rings. The summed E-state index contributed by atoms with van der Waals surface area (Å²) >= 11 is 2.20. The average molecular weight is 366 g/mol. The summed E-state index contributed by atoms with van der Waals surface area (Å²) in [7, 11) is 0. The van der Waals surface area contributed by atoms with Crippen LogP contribution in [0.3, 0.4) is 0 Å². The van der Waals surface area contributed by atoms with Crippen molar-refractivity contribution < 1.29 is 4.79 Å². The standard InChI is InChI=1S/C15H15IN2O/c1-2-11-7-3-5-9-13(11)17-15(19)18-14-10-6-4-8-12(14)16/h3-10H,2H2,1H3,(H2,17,18,19). The maximum absolute atomic E-state index is 12.0. The van der Waals surface area contributed by atoms with Crippen molar-refractivity contribution in [2.75, 3.05) is 10.6 Å². The number of nitrogens with one attached hydrogen (secondary N) is 2. The van der Waals surface area contributed by atoms with Crippen LogP contribution < -0.4 is 10.6 Å². The molecule has 3 nitrogen and oxygen atoms in total. The summed E-state index contributed by atoms with van der Waals surface area (Å²) < 4.78 is 1.01. The van der Waals surface area contributed by atoms with Crippen LogP contribution in [0, 0.1) is 3.57 Å². The third-order valence-corrected chi connectivity index (χ3v) is 3.71. The van der Waals surface area contributed by atoms with E-state index in [4.69, 9.17) is 0 Å². The van der Waals surface area contributed by atoms with Gasteiger partial charge in [-0.25, -0.2) is 4.79 Å². The van der Waals surface area contributed by atoms with E-state index in [2.05, 4.69) is 40.1 Å². The first kappa shape index (κ1) is 13.9. The second-order valence-electron chi connectivity index (χ2n) is 4.07. The Morgan fingerprint density at radius 1 is 1.00 bits per heavy atom. The van der Waals surface area contributed by atoms with Gasteiger partial charge in [-0.1, -0.05) is 37.3 Å². The molecule has 2 rings (SSSR count). The van der Waals surface area contributed by atoms with Crippen molar-refractivity contribution in [1.82, 2.24) is 0 Å². The fraction of sp³-hybridized carbons (Fsp3) is 0.133. The summed E-state index contributed by atoms with van der Waals surface area (Å²) in [6, 6.07) is 15.3. The minimum absolute atomic E-state index is 0.218. The number of para-hydroxylation sites is 2. The predicted octanol–water partition coefficient (Wildman–Crippen LogP) is 4.50. The number of anilines is 2. The van der Waals surface area contributed by atoms with Gasteiger partial charge in [0.15, 0.2) is 0 Å². The van der Waals surface area contributed by atoms with Crippen molar-refractivity contribution in [3.8, 4) is 0 Å². The number of rotatable bonds is 3. The molecule has 0 aliphatic rings. The molecule has 4 heteroatoms. The molecular weight excluding hydrogens is 351 g/mol. The Labute approximate surface area is 126 Å². The zero-order chi connectivity index (χ0) is 13.7. The van der Waals surface area contributed by atoms with Gasteiger partial charge in [-0.15, -0.1) is 0 Å². The molecule has 0 aromatic heterocycles. The molecule has 0 saturated carbocycles. The second-order valence-corrected chi connectivity index (χ2v) is 5.23. The van der Waals surface area contributed by atoms with Crippen LogP contribution in [0.1, 0.15) is 12.5 Å². The number of benzene rings is 2. The highest BCUT2D eigenvalue weighted by molar-refractivity contribution is 14.1. The third kappa shape index (κ3) is 3.70. The molecule has 98 valence electrons. The van der Waals surface area contributed by atoms with Crippen molar-refractivity contribution in [1.29, 1.82) is 0 Å². The number of hydrogen-bond donors (Lipinski definition) is 2. The highest BCUT2D eigenvalue weighted by Gasteiger charge is 2.07. The minimum atomic E-state index is -0.218. The predicted molar refractivity (Wildman–Crippen MR) is 87.6 cm³/mol. The quantitative estimate of drug-likeness (QED) is 0.772. The summed E-state index contributed by atoms with van der Waals surface area (Å²) in [6.07, 6.45) is 0.888. The largest absolute Gasteiger partial charge is 0.323 e. The molecule has 0 heterocycles. The molecule has 19 heavy (non-hydrogen) atoms. The Hall–Kier alpha value is -1.56. The van der Waals surface area contributed by atoms with Gasteiger partial charge >= 0.3 is 6.03 Å². The first-order valence-electron chi connectivity index (χ1n) is 6.11. The lowest BCUT2D eigenvalue weighted by Crippen LogP contribution is -2.20. The fourth-order valence-corrected chi connectivity index (χ4v) is 2.31. The van der Waals surface area contributed by atoms with E-state index in [9.17, 15) is 4.79 Å². The minimum Gasteiger partial charge on any atom is -0.307 e. The lowest BCUT2D eigenvalue weighted by molar-refractivity contribution is 0.262. The zero-order valence-corrected chi connectivity index (χ0v) is 12.8. The monoisotopic (exact) mass is 366 g/mol. The summed E-state index contributed by atoms with van der Waals surface area (Å²) in [5.41, 5.74) is 2.79. The number of halogens is 1. The molecule has 2 N–H and O–H groups in total. The number of amides is 2. The normalized spacial score (nSPS) is 10.0. The van der Waals surface area contributed by atoms with Gasteiger partial charge in [0.05, 0.1) is 5.69 Å². The van der Waals surface area contributed by atoms with Crippen LogP contribution in [-0.2, 0) is 6.42 Å². The van der Waals surface area contributed by atoms with E-state index in [1.54, 1.807) is 0 Å². The second kappa shape index (κ2) is 6.56. The van der Waals surface area contributed by atoms with Crippen LogP contribution in [0.2, 0.25) is 0 Å². The van der Waals surface area contributed by atoms with Gasteiger partial charge in [0.1, 0.15) is 0 Å². The van der Waals surface area contributed by atoms with Crippen LogP contribution in [0.25, 0.3) is 0 Å². The Bertz CT molecular complexity index is 584. The zero-order valence-electron chi connectivity index (χ0n) is 10.6. The number of carbonyl (C=O) groups excluding carboxylic acids is 1. The van der Waals surface area contributed by atoms with Gasteiger partial charge in [0, 0.05) is 9.26 Å². The molecule has 0 aliphatic heterocycles. The van der Waals surface area contributed by atoms with E-state index in [0.29, 0.717) is 0 Å². The first-order valence-corrected chi connectivity index (χ1v) is 7.19. The Kier molecular flexibility index (Phi) is 4.79. The maximum Gasteiger partial charge on any atom is 0.323 e. The van der Waals surface area contributed by atoms with Crippen molar-refractivity contribution in [2.24, 2.45) is 0 Å². The van der Waals surface area contributed by atoms with Gasteiger partial charge < -0.3 is 10.6 Å². The smallest absolute Gasteiger partial charge is 0.307 e. The molecule has 0 spiro atoms. The Morgan fingerprint density at radius 3 is 2.26 bits per heavy atom. The number of urea groups is 1. The van der Waals surface area contributed by atoms with Crippen LogP contribution >= 0.6 is 22.6 Å². The Morgan fingerprint density at radius 2 is 1.58 bits per heavy atom. The summed E-state index contributed by atoms with van der Waals surface area (Å²) in [6.45, 7) is 2.07. The molecule has 0 saturated heterocycles. The van der Waals surface area contributed by atoms with Crippen molar-refractivity contribution in [3.63, 3.8) is 0 Å². The lowest BCUT2D eigenvalue weighted by atomic mass is 10.1. The molecule has 0 radical (unpaired) electrons. The molecule has 2 amide bonds. The Balaban J connectivity index is 2.08. The average Bonchev–Trinajstić information content (AvgIpc) is 2.42. The van der Waals surface area contributed by atoms with Gasteiger partial charge in [0.2, 0.25) is 0 Å². The first-order chi connectivity index (χ1) is 9.20. The van der Waals surface area contributed by atoms with E-state index >= 15 is 0 Å². The topological polar surface area (TPSA) is 41.1 Å². The molecule has 2 aromatic carbocycles. The third-order valence-electron chi connectivity index (χ3n) is 2.77. The van der Waals surface area contributed by atoms with E-state index in [1.807, 2.05) is 48.5 Å². The van der Waals surface area contributed by atoms with Crippen LogP contribution in [-0.4, -0.2) is 6.03 Å². The van der Waals surface area contributed by atoms with Gasteiger partial charge in [-0.2, -0.15) is 0 Å². The van der Waals surface area contributed by atoms with Crippen molar-refractivity contribution in [3.05, 3.63) is 57.7 Å². The van der Waals surface area contributed by atoms with E-state index in [-0.39, 0.29) is 6.03 Å². The van der Waals surface area contributed by atoms with Crippen LogP contribution in [0.15, 0.2) is 48.5 Å². The van der Waals surface area contributed by atoms with Gasteiger partial charge in [-0.3, -0.25) is 0 Å². The van der Waals surface area contributed by atoms with Crippen LogP contribution in [0.4, 0.5) is 16.2 Å². The highest BCUT2D eigenvalue weighted by Crippen LogP contribution is 2.19. The number of aryl methyl sites for hydroxylation is 1. The maximum atomic E-state index is 12.0. The fourth-order valence-electron chi connectivity index (χ4n) is 1.79. The summed E-state index contributed by atoms with van der Waals surface area (Å²) in [4.78, 5) is 12.0. The molecule has 0 aliphatic carbocycles.